The summed E-state index contributed by atoms with van der Waals surface area (Å²) in [7, 11) is 0. The van der Waals surface area contributed by atoms with Gasteiger partial charge in [0.2, 0.25) is 0 Å². The molecule has 5 rings (SSSR count). The van der Waals surface area contributed by atoms with Crippen molar-refractivity contribution in [3.8, 4) is 0 Å². The molecule has 1 saturated heterocycles. The SMILES string of the molecule is S1[C@@H]2C3C4C3C4[C@H]12. The second-order valence-electron chi connectivity index (χ2n) is 3.37. The highest BCUT2D eigenvalue weighted by molar-refractivity contribution is 8.08. The van der Waals surface area contributed by atoms with Gasteiger partial charge < -0.3 is 0 Å². The van der Waals surface area contributed by atoms with Crippen LogP contribution in [0.1, 0.15) is 0 Å². The predicted octanol–water partition coefficient (Wildman–Crippen LogP) is 0.976. The maximum absolute atomic E-state index is 2.26. The van der Waals surface area contributed by atoms with Crippen LogP contribution in [0.5, 0.6) is 0 Å². The van der Waals surface area contributed by atoms with E-state index < -0.39 is 0 Å². The number of hydrogen-bond acceptors (Lipinski definition) is 1. The first-order chi connectivity index (χ1) is 3.48. The van der Waals surface area contributed by atoms with Gasteiger partial charge in [-0.25, -0.2) is 0 Å². The molecule has 0 radical (unpaired) electrons. The van der Waals surface area contributed by atoms with Crippen molar-refractivity contribution < 1.29 is 0 Å². The van der Waals surface area contributed by atoms with Crippen molar-refractivity contribution in [1.29, 1.82) is 0 Å². The molecule has 0 amide bonds. The second kappa shape index (κ2) is 0.485. The Hall–Kier alpha value is 0.350. The van der Waals surface area contributed by atoms with Crippen molar-refractivity contribution in [3.63, 3.8) is 0 Å². The lowest BCUT2D eigenvalue weighted by Gasteiger charge is -1.94. The molecule has 5 fully saturated rings. The van der Waals surface area contributed by atoms with E-state index in [0.29, 0.717) is 0 Å². The minimum absolute atomic E-state index is 1.21. The third-order valence-corrected chi connectivity index (χ3v) is 4.79. The van der Waals surface area contributed by atoms with Gasteiger partial charge in [-0.3, -0.25) is 0 Å². The average molecular weight is 110 g/mol. The van der Waals surface area contributed by atoms with Crippen molar-refractivity contribution in [2.24, 2.45) is 23.7 Å². The summed E-state index contributed by atoms with van der Waals surface area (Å²) in [6.45, 7) is 0. The summed E-state index contributed by atoms with van der Waals surface area (Å²) >= 11 is 2.26. The summed E-state index contributed by atoms with van der Waals surface area (Å²) in [6.07, 6.45) is 0. The fourth-order valence-electron chi connectivity index (χ4n) is 2.77. The van der Waals surface area contributed by atoms with Gasteiger partial charge in [0.05, 0.1) is 0 Å². The lowest BCUT2D eigenvalue weighted by atomic mass is 10.2. The Labute approximate surface area is 46.7 Å². The molecule has 4 aliphatic carbocycles. The zero-order valence-corrected chi connectivity index (χ0v) is 4.69. The largest absolute Gasteiger partial charge is 0.152 e. The van der Waals surface area contributed by atoms with E-state index in [4.69, 9.17) is 0 Å². The van der Waals surface area contributed by atoms with E-state index in [-0.39, 0.29) is 0 Å². The molecular weight excluding hydrogens is 104 g/mol. The van der Waals surface area contributed by atoms with E-state index in [1.807, 2.05) is 0 Å². The molecule has 36 valence electrons. The summed E-state index contributed by atoms with van der Waals surface area (Å²) in [5, 5.41) is 2.42. The molecule has 5 aliphatic rings. The first-order valence-electron chi connectivity index (χ1n) is 3.14. The molecule has 0 aromatic heterocycles. The molecule has 1 heteroatoms. The predicted molar refractivity (Wildman–Crippen MR) is 29.1 cm³/mol. The van der Waals surface area contributed by atoms with Crippen LogP contribution in [0, 0.1) is 23.7 Å². The van der Waals surface area contributed by atoms with Gasteiger partial charge in [-0.05, 0) is 23.7 Å². The fraction of sp³-hybridized carbons (Fsp3) is 1.00. The first-order valence-corrected chi connectivity index (χ1v) is 4.08. The molecule has 0 aromatic carbocycles. The molecule has 1 heterocycles. The minimum Gasteiger partial charge on any atom is -0.152 e. The lowest BCUT2D eigenvalue weighted by molar-refractivity contribution is 0.643. The average Bonchev–Trinajstić information content (AvgIpc) is 2.43. The number of hydrogen-bond donors (Lipinski definition) is 0. The van der Waals surface area contributed by atoms with Crippen LogP contribution >= 0.6 is 11.8 Å². The molecule has 0 aromatic rings. The maximum atomic E-state index is 2.26. The third-order valence-electron chi connectivity index (χ3n) is 3.26. The summed E-state index contributed by atoms with van der Waals surface area (Å²) < 4.78 is 0. The lowest BCUT2D eigenvalue weighted by Crippen LogP contribution is -1.90. The number of thioether (sulfide) groups is 1. The van der Waals surface area contributed by atoms with Gasteiger partial charge in [-0.15, -0.1) is 0 Å². The van der Waals surface area contributed by atoms with E-state index >= 15 is 0 Å². The van der Waals surface area contributed by atoms with Gasteiger partial charge >= 0.3 is 0 Å². The molecule has 1 aliphatic heterocycles. The molecule has 4 saturated carbocycles. The molecule has 7 heavy (non-hydrogen) atoms. The second-order valence-corrected chi connectivity index (χ2v) is 4.74. The molecule has 0 N–H and O–H groups in total. The molecule has 2 bridgehead atoms. The molecule has 2 unspecified atom stereocenters. The standard InChI is InChI=1S/C6H6S/c7-5-3-1-2(3)4(1)6(5)7/h1-6H/t1?,2?,3?,4?,5-,6+. The Morgan fingerprint density at radius 3 is 1.57 bits per heavy atom. The van der Waals surface area contributed by atoms with E-state index in [2.05, 4.69) is 11.8 Å². The van der Waals surface area contributed by atoms with Gasteiger partial charge in [-0.2, -0.15) is 11.8 Å². The van der Waals surface area contributed by atoms with Gasteiger partial charge in [0, 0.05) is 10.5 Å². The monoisotopic (exact) mass is 110 g/mol. The van der Waals surface area contributed by atoms with Gasteiger partial charge in [-0.1, -0.05) is 0 Å². The highest BCUT2D eigenvalue weighted by Crippen LogP contribution is 2.91. The van der Waals surface area contributed by atoms with Gasteiger partial charge in [0.15, 0.2) is 0 Å². The smallest absolute Gasteiger partial charge is 0.0206 e. The molecule has 0 nitrogen and oxygen atoms in total. The molecule has 4 atom stereocenters. The van der Waals surface area contributed by atoms with Gasteiger partial charge in [0.1, 0.15) is 0 Å². The van der Waals surface area contributed by atoms with Crippen molar-refractivity contribution in [2.75, 3.05) is 0 Å². The van der Waals surface area contributed by atoms with Crippen LogP contribution in [0.3, 0.4) is 0 Å². The van der Waals surface area contributed by atoms with Crippen molar-refractivity contribution in [1.82, 2.24) is 0 Å². The van der Waals surface area contributed by atoms with Gasteiger partial charge in [0.25, 0.3) is 0 Å². The van der Waals surface area contributed by atoms with E-state index in [9.17, 15) is 0 Å². The van der Waals surface area contributed by atoms with Crippen LogP contribution in [0.25, 0.3) is 0 Å². The zero-order valence-electron chi connectivity index (χ0n) is 3.87. The molecular formula is C6H6S. The number of rotatable bonds is 0. The Morgan fingerprint density at radius 2 is 1.29 bits per heavy atom. The Bertz CT molecular complexity index is 136. The summed E-state index contributed by atoms with van der Waals surface area (Å²) in [5.74, 6) is 5.16. The first kappa shape index (κ1) is 2.77. The van der Waals surface area contributed by atoms with Crippen LogP contribution in [-0.4, -0.2) is 10.5 Å². The quantitative estimate of drug-likeness (QED) is 0.419. The van der Waals surface area contributed by atoms with Crippen LogP contribution in [0.2, 0.25) is 0 Å². The summed E-state index contributed by atoms with van der Waals surface area (Å²) in [5.41, 5.74) is 0. The van der Waals surface area contributed by atoms with Crippen LogP contribution < -0.4 is 0 Å². The van der Waals surface area contributed by atoms with E-state index in [1.54, 1.807) is 0 Å². The Balaban J connectivity index is 2.09. The Kier molecular flexibility index (Phi) is 0.192. The third kappa shape index (κ3) is 0.130. The maximum Gasteiger partial charge on any atom is 0.0206 e. The van der Waals surface area contributed by atoms with Crippen LogP contribution in [-0.2, 0) is 0 Å². The molecule has 0 spiro atoms. The zero-order chi connectivity index (χ0) is 4.17. The van der Waals surface area contributed by atoms with Crippen LogP contribution in [0.15, 0.2) is 0 Å². The topological polar surface area (TPSA) is 0 Å². The summed E-state index contributed by atoms with van der Waals surface area (Å²) in [4.78, 5) is 0. The van der Waals surface area contributed by atoms with Crippen molar-refractivity contribution in [2.45, 2.75) is 10.5 Å². The van der Waals surface area contributed by atoms with Crippen molar-refractivity contribution in [3.05, 3.63) is 0 Å². The fourth-order valence-corrected chi connectivity index (χ4v) is 4.49. The summed E-state index contributed by atoms with van der Waals surface area (Å²) in [6, 6.07) is 0. The normalized spacial score (nSPS) is 96.0. The van der Waals surface area contributed by atoms with E-state index in [1.165, 1.54) is 34.2 Å². The van der Waals surface area contributed by atoms with E-state index in [0.717, 1.165) is 0 Å². The minimum atomic E-state index is 1.21. The Morgan fingerprint density at radius 1 is 0.714 bits per heavy atom. The highest BCUT2D eigenvalue weighted by Gasteiger charge is 2.89. The highest BCUT2D eigenvalue weighted by atomic mass is 32.2. The van der Waals surface area contributed by atoms with Crippen molar-refractivity contribution >= 4 is 11.8 Å². The van der Waals surface area contributed by atoms with Crippen LogP contribution in [0.4, 0.5) is 0 Å².